The Bertz CT molecular complexity index is 805. The van der Waals surface area contributed by atoms with Crippen molar-refractivity contribution in [2.45, 2.75) is 51.7 Å². The normalized spacial score (nSPS) is 15.6. The summed E-state index contributed by atoms with van der Waals surface area (Å²) in [6.07, 6.45) is 7.80. The van der Waals surface area contributed by atoms with Crippen LogP contribution in [0, 0.1) is 17.2 Å². The van der Waals surface area contributed by atoms with Crippen molar-refractivity contribution in [2.75, 3.05) is 0 Å². The molecule has 140 valence electrons. The van der Waals surface area contributed by atoms with Crippen LogP contribution in [-0.4, -0.2) is 16.9 Å². The number of pyridine rings is 1. The molecule has 2 aromatic rings. The zero-order chi connectivity index (χ0) is 19.1. The molecule has 1 unspecified atom stereocenters. The summed E-state index contributed by atoms with van der Waals surface area (Å²) in [7, 11) is 0. The minimum absolute atomic E-state index is 0.0807. The Kier molecular flexibility index (Phi) is 6.43. The topological polar surface area (TPSA) is 75.0 Å². The molecule has 1 aliphatic rings. The number of amides is 1. The molecule has 0 bridgehead atoms. The first-order chi connectivity index (χ1) is 13.2. The first kappa shape index (κ1) is 18.9. The lowest BCUT2D eigenvalue weighted by Gasteiger charge is -2.28. The summed E-state index contributed by atoms with van der Waals surface area (Å²) >= 11 is 0. The van der Waals surface area contributed by atoms with Gasteiger partial charge >= 0.3 is 0 Å². The van der Waals surface area contributed by atoms with Crippen molar-refractivity contribution in [2.24, 2.45) is 5.92 Å². The number of ether oxygens (including phenoxy) is 1. The van der Waals surface area contributed by atoms with E-state index in [0.29, 0.717) is 28.5 Å². The molecule has 1 saturated carbocycles. The maximum Gasteiger partial charge on any atom is 0.253 e. The monoisotopic (exact) mass is 363 g/mol. The number of aromatic nitrogens is 1. The minimum atomic E-state index is -0.0807. The third-order valence-electron chi connectivity index (χ3n) is 5.19. The van der Waals surface area contributed by atoms with Gasteiger partial charge in [-0.2, -0.15) is 5.26 Å². The number of carbonyl (C=O) groups is 1. The number of para-hydroxylation sites is 1. The Morgan fingerprint density at radius 1 is 1.26 bits per heavy atom. The lowest BCUT2D eigenvalue weighted by molar-refractivity contribution is 0.0919. The van der Waals surface area contributed by atoms with Crippen LogP contribution in [0.3, 0.4) is 0 Å². The van der Waals surface area contributed by atoms with Gasteiger partial charge < -0.3 is 10.1 Å². The minimum Gasteiger partial charge on any atom is -0.486 e. The number of hydrogen-bond donors (Lipinski definition) is 1. The number of rotatable bonds is 6. The van der Waals surface area contributed by atoms with Crippen LogP contribution in [0.15, 0.2) is 42.6 Å². The predicted octanol–water partition coefficient (Wildman–Crippen LogP) is 4.23. The number of nitriles is 1. The van der Waals surface area contributed by atoms with E-state index in [4.69, 9.17) is 10.00 Å². The molecule has 1 heterocycles. The third-order valence-corrected chi connectivity index (χ3v) is 5.19. The van der Waals surface area contributed by atoms with E-state index in [9.17, 15) is 4.79 Å². The zero-order valence-corrected chi connectivity index (χ0v) is 15.6. The molecule has 27 heavy (non-hydrogen) atoms. The molecule has 1 N–H and O–H groups in total. The third kappa shape index (κ3) is 5.07. The highest BCUT2D eigenvalue weighted by Crippen LogP contribution is 2.26. The van der Waals surface area contributed by atoms with Crippen molar-refractivity contribution in [1.29, 1.82) is 5.26 Å². The second-order valence-corrected chi connectivity index (χ2v) is 7.10. The van der Waals surface area contributed by atoms with Gasteiger partial charge in [0, 0.05) is 12.2 Å². The highest BCUT2D eigenvalue weighted by atomic mass is 16.5. The van der Waals surface area contributed by atoms with Crippen molar-refractivity contribution < 1.29 is 9.53 Å². The molecule has 1 amide bonds. The fourth-order valence-corrected chi connectivity index (χ4v) is 3.52. The average molecular weight is 363 g/mol. The Labute approximate surface area is 160 Å². The molecule has 5 nitrogen and oxygen atoms in total. The van der Waals surface area contributed by atoms with E-state index in [1.807, 2.05) is 6.07 Å². The van der Waals surface area contributed by atoms with Crippen LogP contribution in [0.25, 0.3) is 0 Å². The van der Waals surface area contributed by atoms with Gasteiger partial charge in [-0.05, 0) is 49.9 Å². The van der Waals surface area contributed by atoms with Gasteiger partial charge in [0.2, 0.25) is 0 Å². The second-order valence-electron chi connectivity index (χ2n) is 7.10. The van der Waals surface area contributed by atoms with Crippen LogP contribution in [0.5, 0.6) is 5.75 Å². The van der Waals surface area contributed by atoms with Crippen LogP contribution < -0.4 is 10.1 Å². The number of nitrogens with one attached hydrogen (secondary N) is 1. The molecule has 1 fully saturated rings. The van der Waals surface area contributed by atoms with Gasteiger partial charge in [-0.15, -0.1) is 0 Å². The summed E-state index contributed by atoms with van der Waals surface area (Å²) in [5, 5.41) is 12.2. The summed E-state index contributed by atoms with van der Waals surface area (Å²) < 4.78 is 5.67. The quantitative estimate of drug-likeness (QED) is 0.833. The molecule has 1 aromatic carbocycles. The predicted molar refractivity (Wildman–Crippen MR) is 103 cm³/mol. The van der Waals surface area contributed by atoms with Gasteiger partial charge in [0.15, 0.2) is 0 Å². The summed E-state index contributed by atoms with van der Waals surface area (Å²) in [5.74, 6) is 1.02. The van der Waals surface area contributed by atoms with Crippen molar-refractivity contribution in [3.8, 4) is 11.8 Å². The molecule has 1 aliphatic carbocycles. The molecule has 0 saturated heterocycles. The number of carbonyl (C=O) groups excluding carboxylic acids is 1. The lowest BCUT2D eigenvalue weighted by Crippen LogP contribution is -2.38. The zero-order valence-electron chi connectivity index (χ0n) is 15.6. The van der Waals surface area contributed by atoms with Gasteiger partial charge in [0.05, 0.1) is 16.8 Å². The Balaban J connectivity index is 1.55. The molecular formula is C22H25N3O2. The Morgan fingerprint density at radius 2 is 2.04 bits per heavy atom. The lowest BCUT2D eigenvalue weighted by atomic mass is 9.84. The summed E-state index contributed by atoms with van der Waals surface area (Å²) in [6.45, 7) is 2.34. The number of nitrogens with zero attached hydrogens (tertiary/aromatic N) is 2. The van der Waals surface area contributed by atoms with Crippen molar-refractivity contribution in [3.05, 3.63) is 59.4 Å². The SMILES string of the molecule is CC(NC(=O)c1ccc(COc2ccccc2C#N)nc1)C1CCCCC1. The van der Waals surface area contributed by atoms with E-state index >= 15 is 0 Å². The van der Waals surface area contributed by atoms with Crippen molar-refractivity contribution >= 4 is 5.91 Å². The molecular weight excluding hydrogens is 338 g/mol. The molecule has 0 aliphatic heterocycles. The Morgan fingerprint density at radius 3 is 2.74 bits per heavy atom. The molecule has 1 aromatic heterocycles. The second kappa shape index (κ2) is 9.18. The Hall–Kier alpha value is -2.87. The highest BCUT2D eigenvalue weighted by molar-refractivity contribution is 5.94. The van der Waals surface area contributed by atoms with E-state index in [1.54, 1.807) is 36.5 Å². The molecule has 5 heteroatoms. The van der Waals surface area contributed by atoms with Crippen LogP contribution in [-0.2, 0) is 6.61 Å². The van der Waals surface area contributed by atoms with Gasteiger partial charge in [0.25, 0.3) is 5.91 Å². The maximum atomic E-state index is 12.5. The van der Waals surface area contributed by atoms with E-state index in [1.165, 1.54) is 32.1 Å². The average Bonchev–Trinajstić information content (AvgIpc) is 2.73. The standard InChI is InChI=1S/C22H25N3O2/c1-16(17-7-3-2-4-8-17)25-22(26)19-11-12-20(24-14-19)15-27-21-10-6-5-9-18(21)13-23/h5-6,9-12,14,16-17H,2-4,7-8,15H2,1H3,(H,25,26). The van der Waals surface area contributed by atoms with Crippen LogP contribution in [0.1, 0.15) is 60.6 Å². The van der Waals surface area contributed by atoms with Gasteiger partial charge in [-0.3, -0.25) is 9.78 Å². The van der Waals surface area contributed by atoms with Crippen LogP contribution >= 0.6 is 0 Å². The van der Waals surface area contributed by atoms with Crippen LogP contribution in [0.2, 0.25) is 0 Å². The van der Waals surface area contributed by atoms with Gasteiger partial charge in [-0.1, -0.05) is 31.4 Å². The maximum absolute atomic E-state index is 12.5. The van der Waals surface area contributed by atoms with Crippen molar-refractivity contribution in [3.63, 3.8) is 0 Å². The fraction of sp³-hybridized carbons (Fsp3) is 0.409. The van der Waals surface area contributed by atoms with Gasteiger partial charge in [-0.25, -0.2) is 0 Å². The summed E-state index contributed by atoms with van der Waals surface area (Å²) in [6, 6.07) is 12.9. The molecule has 0 radical (unpaired) electrons. The summed E-state index contributed by atoms with van der Waals surface area (Å²) in [5.41, 5.74) is 1.75. The van der Waals surface area contributed by atoms with E-state index < -0.39 is 0 Å². The first-order valence-electron chi connectivity index (χ1n) is 9.55. The van der Waals surface area contributed by atoms with E-state index in [2.05, 4.69) is 23.3 Å². The van der Waals surface area contributed by atoms with Gasteiger partial charge in [0.1, 0.15) is 18.4 Å². The largest absolute Gasteiger partial charge is 0.486 e. The van der Waals surface area contributed by atoms with Crippen LogP contribution in [0.4, 0.5) is 0 Å². The number of hydrogen-bond acceptors (Lipinski definition) is 4. The molecule has 0 spiro atoms. The van der Waals surface area contributed by atoms with Crippen molar-refractivity contribution in [1.82, 2.24) is 10.3 Å². The highest BCUT2D eigenvalue weighted by Gasteiger charge is 2.21. The first-order valence-corrected chi connectivity index (χ1v) is 9.55. The summed E-state index contributed by atoms with van der Waals surface area (Å²) in [4.78, 5) is 16.8. The molecule has 1 atom stereocenters. The molecule has 3 rings (SSSR count). The van der Waals surface area contributed by atoms with E-state index in [-0.39, 0.29) is 18.6 Å². The smallest absolute Gasteiger partial charge is 0.253 e. The van der Waals surface area contributed by atoms with E-state index in [0.717, 1.165) is 0 Å². The fourth-order valence-electron chi connectivity index (χ4n) is 3.52. The number of benzene rings is 1.